The number of hydrogen-bond acceptors (Lipinski definition) is 10. The first kappa shape index (κ1) is 28.2. The summed E-state index contributed by atoms with van der Waals surface area (Å²) in [6.07, 6.45) is -0.332. The van der Waals surface area contributed by atoms with Crippen LogP contribution in [0.1, 0.15) is 39.0 Å². The van der Waals surface area contributed by atoms with Gasteiger partial charge in [-0.2, -0.15) is 0 Å². The average Bonchev–Trinajstić information content (AvgIpc) is 3.42. The summed E-state index contributed by atoms with van der Waals surface area (Å²) >= 11 is 0. The van der Waals surface area contributed by atoms with Crippen LogP contribution < -0.4 is 16.4 Å². The summed E-state index contributed by atoms with van der Waals surface area (Å²) in [4.78, 5) is 27.0. The van der Waals surface area contributed by atoms with Crippen LogP contribution in [0.2, 0.25) is 0 Å². The Hall–Kier alpha value is -3.36. The molecular weight excluding hydrogens is 516 g/mol. The minimum Gasteiger partial charge on any atom is -0.387 e. The highest BCUT2D eigenvalue weighted by Crippen LogP contribution is 2.33. The third kappa shape index (κ3) is 6.03. The molecule has 0 aliphatic carbocycles. The Labute approximate surface area is 232 Å². The van der Waals surface area contributed by atoms with E-state index in [0.717, 1.165) is 5.69 Å². The zero-order valence-electron chi connectivity index (χ0n) is 23.0. The van der Waals surface area contributed by atoms with Crippen LogP contribution in [0.15, 0.2) is 36.9 Å². The molecule has 13 nitrogen and oxygen atoms in total. The van der Waals surface area contributed by atoms with Crippen molar-refractivity contribution < 1.29 is 24.5 Å². The lowest BCUT2D eigenvalue weighted by atomic mass is 9.87. The number of aliphatic hydroxyl groups excluding tert-OH is 2. The van der Waals surface area contributed by atoms with E-state index in [4.69, 9.17) is 15.2 Å². The summed E-state index contributed by atoms with van der Waals surface area (Å²) in [6.45, 7) is 9.11. The summed E-state index contributed by atoms with van der Waals surface area (Å²) in [5.74, 6) is 0.227. The molecule has 1 unspecified atom stereocenters. The topological polar surface area (TPSA) is 173 Å². The molecule has 1 aromatic carbocycles. The van der Waals surface area contributed by atoms with Crippen LogP contribution in [0.25, 0.3) is 11.2 Å². The Morgan fingerprint density at radius 2 is 1.90 bits per heavy atom. The second kappa shape index (κ2) is 11.6. The summed E-state index contributed by atoms with van der Waals surface area (Å²) in [5, 5.41) is 27.4. The van der Waals surface area contributed by atoms with E-state index >= 15 is 0 Å². The molecule has 13 heteroatoms. The van der Waals surface area contributed by atoms with Gasteiger partial charge in [-0.25, -0.2) is 19.7 Å². The lowest BCUT2D eigenvalue weighted by Gasteiger charge is -2.38. The van der Waals surface area contributed by atoms with Crippen molar-refractivity contribution in [3.8, 4) is 0 Å². The minimum atomic E-state index is -1.18. The predicted octanol–water partition coefficient (Wildman–Crippen LogP) is 1.24. The van der Waals surface area contributed by atoms with Gasteiger partial charge in [-0.05, 0) is 29.5 Å². The van der Waals surface area contributed by atoms with Gasteiger partial charge in [-0.1, -0.05) is 32.9 Å². The SMILES string of the molecule is CC(C)(C)c1ccc(NC(=O)NCCCN(C[C@H]2OC(n3cnc4c(N)ncnc43)[C@H](O)[C@@H]2O)C2COC2)cc1. The van der Waals surface area contributed by atoms with Gasteiger partial charge < -0.3 is 36.1 Å². The Bertz CT molecular complexity index is 1310. The molecule has 2 saturated heterocycles. The monoisotopic (exact) mass is 554 g/mol. The fraction of sp³-hybridized carbons (Fsp3) is 0.556. The van der Waals surface area contributed by atoms with Gasteiger partial charge in [0, 0.05) is 25.3 Å². The maximum atomic E-state index is 12.4. The maximum absolute atomic E-state index is 12.4. The van der Waals surface area contributed by atoms with Gasteiger partial charge >= 0.3 is 6.03 Å². The zero-order chi connectivity index (χ0) is 28.4. The number of carbonyl (C=O) groups is 1. The van der Waals surface area contributed by atoms with Crippen LogP contribution in [-0.4, -0.2) is 97.9 Å². The highest BCUT2D eigenvalue weighted by Gasteiger charge is 2.45. The number of urea groups is 1. The Kier molecular flexibility index (Phi) is 8.19. The van der Waals surface area contributed by atoms with Crippen LogP contribution >= 0.6 is 0 Å². The maximum Gasteiger partial charge on any atom is 0.319 e. The van der Waals surface area contributed by atoms with Gasteiger partial charge in [0.25, 0.3) is 0 Å². The summed E-state index contributed by atoms with van der Waals surface area (Å²) in [6, 6.07) is 7.76. The van der Waals surface area contributed by atoms with Crippen LogP contribution in [0, 0.1) is 0 Å². The molecule has 4 heterocycles. The van der Waals surface area contributed by atoms with Gasteiger partial charge in [0.1, 0.15) is 30.2 Å². The number of ether oxygens (including phenoxy) is 2. The highest BCUT2D eigenvalue weighted by molar-refractivity contribution is 5.89. The molecular formula is C27H38N8O5. The number of nitrogens with two attached hydrogens (primary N) is 1. The van der Waals surface area contributed by atoms with Crippen molar-refractivity contribution in [3.05, 3.63) is 42.5 Å². The number of carbonyl (C=O) groups excluding carboxylic acids is 1. The van der Waals surface area contributed by atoms with Gasteiger partial charge in [-0.15, -0.1) is 0 Å². The number of anilines is 2. The first-order chi connectivity index (χ1) is 19.1. The van der Waals surface area contributed by atoms with E-state index in [-0.39, 0.29) is 23.3 Å². The molecule has 0 radical (unpaired) electrons. The zero-order valence-corrected chi connectivity index (χ0v) is 23.0. The summed E-state index contributed by atoms with van der Waals surface area (Å²) < 4.78 is 13.1. The molecule has 2 amide bonds. The fourth-order valence-electron chi connectivity index (χ4n) is 4.97. The molecule has 2 aliphatic heterocycles. The molecule has 3 aromatic rings. The van der Waals surface area contributed by atoms with Crippen LogP contribution in [0.4, 0.5) is 16.3 Å². The van der Waals surface area contributed by atoms with Crippen LogP contribution in [0.5, 0.6) is 0 Å². The molecule has 40 heavy (non-hydrogen) atoms. The molecule has 2 aliphatic rings. The number of nitrogen functional groups attached to an aromatic ring is 1. The van der Waals surface area contributed by atoms with Crippen molar-refractivity contribution in [2.75, 3.05) is 43.9 Å². The lowest BCUT2D eigenvalue weighted by Crippen LogP contribution is -2.53. The van der Waals surface area contributed by atoms with Crippen molar-refractivity contribution in [3.63, 3.8) is 0 Å². The van der Waals surface area contributed by atoms with Gasteiger partial charge in [0.2, 0.25) is 0 Å². The van der Waals surface area contributed by atoms with E-state index in [1.165, 1.54) is 18.2 Å². The van der Waals surface area contributed by atoms with E-state index in [9.17, 15) is 15.0 Å². The van der Waals surface area contributed by atoms with Crippen molar-refractivity contribution in [2.45, 2.75) is 63.2 Å². The fourth-order valence-corrected chi connectivity index (χ4v) is 4.97. The van der Waals surface area contributed by atoms with Gasteiger partial charge in [0.05, 0.1) is 25.6 Å². The molecule has 0 bridgehead atoms. The van der Waals surface area contributed by atoms with Crippen LogP contribution in [0.3, 0.4) is 0 Å². The molecule has 216 valence electrons. The quantitative estimate of drug-likeness (QED) is 0.242. The number of fused-ring (bicyclic) bond motifs is 1. The van der Waals surface area contributed by atoms with Crippen molar-refractivity contribution in [2.24, 2.45) is 0 Å². The number of benzene rings is 1. The number of imidazole rings is 1. The molecule has 0 spiro atoms. The number of nitrogens with zero attached hydrogens (tertiary/aromatic N) is 5. The second-order valence-corrected chi connectivity index (χ2v) is 11.4. The first-order valence-electron chi connectivity index (χ1n) is 13.5. The summed E-state index contributed by atoms with van der Waals surface area (Å²) in [5.41, 5.74) is 8.69. The van der Waals surface area contributed by atoms with E-state index in [1.54, 1.807) is 4.57 Å². The number of aliphatic hydroxyl groups is 2. The molecule has 0 saturated carbocycles. The number of nitrogens with one attached hydrogen (secondary N) is 2. The minimum absolute atomic E-state index is 0.0497. The largest absolute Gasteiger partial charge is 0.387 e. The summed E-state index contributed by atoms with van der Waals surface area (Å²) in [7, 11) is 0. The van der Waals surface area contributed by atoms with E-state index in [1.807, 2.05) is 24.3 Å². The molecule has 6 N–H and O–H groups in total. The standard InChI is InChI=1S/C27H38N8O5/c1-27(2,3)16-5-7-17(8-6-16)33-26(38)29-9-4-10-34(18-12-39-13-18)11-19-21(36)22(37)25(40-19)35-15-32-20-23(28)30-14-31-24(20)35/h5-8,14-15,18-19,21-22,25,36-37H,4,9-13H2,1-3H3,(H2,28,30,31)(H2,29,33,38)/t19-,21-,22-,25?/m1/s1. The average molecular weight is 555 g/mol. The third-order valence-electron chi connectivity index (χ3n) is 7.47. The predicted molar refractivity (Wildman–Crippen MR) is 149 cm³/mol. The molecule has 2 aromatic heterocycles. The van der Waals surface area contributed by atoms with E-state index < -0.39 is 24.5 Å². The van der Waals surface area contributed by atoms with Gasteiger partial charge in [0.15, 0.2) is 17.7 Å². The number of hydrogen-bond donors (Lipinski definition) is 5. The Balaban J connectivity index is 1.13. The van der Waals surface area contributed by atoms with Crippen molar-refractivity contribution in [1.29, 1.82) is 0 Å². The number of aromatic nitrogens is 4. The smallest absolute Gasteiger partial charge is 0.319 e. The Morgan fingerprint density at radius 1 is 1.15 bits per heavy atom. The lowest BCUT2D eigenvalue weighted by molar-refractivity contribution is -0.0944. The third-order valence-corrected chi connectivity index (χ3v) is 7.47. The normalized spacial score (nSPS) is 23.4. The van der Waals surface area contributed by atoms with Gasteiger partial charge in [-0.3, -0.25) is 9.47 Å². The number of amides is 2. The van der Waals surface area contributed by atoms with Crippen molar-refractivity contribution >= 4 is 28.7 Å². The van der Waals surface area contributed by atoms with Crippen molar-refractivity contribution in [1.82, 2.24) is 29.7 Å². The Morgan fingerprint density at radius 3 is 2.58 bits per heavy atom. The molecule has 4 atom stereocenters. The van der Waals surface area contributed by atoms with E-state index in [0.29, 0.717) is 50.4 Å². The molecule has 2 fully saturated rings. The second-order valence-electron chi connectivity index (χ2n) is 11.4. The molecule has 5 rings (SSSR count). The highest BCUT2D eigenvalue weighted by atomic mass is 16.6. The van der Waals surface area contributed by atoms with Crippen LogP contribution in [-0.2, 0) is 14.9 Å². The first-order valence-corrected chi connectivity index (χ1v) is 13.5. The number of rotatable bonds is 9. The van der Waals surface area contributed by atoms with E-state index in [2.05, 4.69) is 51.3 Å².